The van der Waals surface area contributed by atoms with E-state index >= 15 is 0 Å². The Labute approximate surface area is 283 Å². The van der Waals surface area contributed by atoms with Crippen molar-refractivity contribution in [1.29, 1.82) is 0 Å². The van der Waals surface area contributed by atoms with Crippen molar-refractivity contribution < 1.29 is 27.9 Å². The number of ether oxygens (including phenoxy) is 1. The number of halogens is 1. The molecule has 12 nitrogen and oxygen atoms in total. The highest BCUT2D eigenvalue weighted by atomic mass is 35.5. The molecule has 3 aromatic rings. The molecule has 2 amide bonds. The Morgan fingerprint density at radius 3 is 2.45 bits per heavy atom. The Balaban J connectivity index is 0.00000600. The normalized spacial score (nSPS) is 16.8. The molecule has 1 saturated heterocycles. The topological polar surface area (TPSA) is 153 Å². The predicted molar refractivity (Wildman–Crippen MR) is 186 cm³/mol. The number of rotatable bonds is 14. The third-order valence-electron chi connectivity index (χ3n) is 8.13. The zero-order chi connectivity index (χ0) is 33.4. The van der Waals surface area contributed by atoms with Gasteiger partial charge in [-0.1, -0.05) is 49.4 Å². The van der Waals surface area contributed by atoms with Crippen LogP contribution in [-0.2, 0) is 27.8 Å². The Hall–Kier alpha value is -3.91. The molecule has 0 aliphatic carbocycles. The average molecular weight is 689 g/mol. The van der Waals surface area contributed by atoms with Gasteiger partial charge in [-0.15, -0.1) is 12.4 Å². The smallest absolute Gasteiger partial charge is 0.251 e. The van der Waals surface area contributed by atoms with Crippen LogP contribution in [0.5, 0.6) is 5.75 Å². The maximum atomic E-state index is 13.8. The molecule has 0 spiro atoms. The first kappa shape index (κ1) is 37.5. The Kier molecular flexibility index (Phi) is 13.4. The number of hydrogen-bond acceptors (Lipinski definition) is 9. The van der Waals surface area contributed by atoms with Gasteiger partial charge in [-0.3, -0.25) is 13.9 Å². The number of aliphatic hydroxyl groups excluding tert-OH is 1. The van der Waals surface area contributed by atoms with E-state index in [-0.39, 0.29) is 42.2 Å². The van der Waals surface area contributed by atoms with Gasteiger partial charge in [-0.25, -0.2) is 13.4 Å². The molecule has 1 aliphatic heterocycles. The molecule has 1 aromatic heterocycles. The van der Waals surface area contributed by atoms with Gasteiger partial charge in [0.25, 0.3) is 5.91 Å². The maximum Gasteiger partial charge on any atom is 0.251 e. The molecule has 2 heterocycles. The molecule has 256 valence electrons. The predicted octanol–water partition coefficient (Wildman–Crippen LogP) is 2.82. The molecule has 0 saturated carbocycles. The van der Waals surface area contributed by atoms with E-state index in [1.54, 1.807) is 18.1 Å². The molecule has 14 heteroatoms. The minimum Gasteiger partial charge on any atom is -0.497 e. The summed E-state index contributed by atoms with van der Waals surface area (Å²) in [6, 6.07) is 18.0. The highest BCUT2D eigenvalue weighted by molar-refractivity contribution is 7.92. The zero-order valence-corrected chi connectivity index (χ0v) is 29.0. The number of benzene rings is 2. The van der Waals surface area contributed by atoms with Gasteiger partial charge in [0.2, 0.25) is 15.9 Å². The number of hydrogen-bond donors (Lipinski definition) is 4. The van der Waals surface area contributed by atoms with Crippen molar-refractivity contribution in [3.63, 3.8) is 0 Å². The van der Waals surface area contributed by atoms with Crippen LogP contribution in [-0.4, -0.2) is 93.0 Å². The lowest BCUT2D eigenvalue weighted by Gasteiger charge is -2.38. The standard InChI is InChI=1S/C33H44N6O6S.ClH/c1-6-22(2)35-28-19-25(20-29(37-28)38(3)46(5,43)44)32(41)36-27(18-23-10-8-7-9-11-23)31(40)30-33(42)39(17-16-34-30)21-24-12-14-26(45-4)15-13-24;/h7-15,19-20,22,27,30-31,34,40H,6,16-18,21H2,1-5H3,(H,35,37)(H,36,41);1H/t22?,27-,30?,31-;/m0./s1. The van der Waals surface area contributed by atoms with E-state index in [2.05, 4.69) is 20.9 Å². The molecule has 1 aliphatic rings. The summed E-state index contributed by atoms with van der Waals surface area (Å²) in [6.07, 6.45) is 0.796. The number of nitrogens with zero attached hydrogens (tertiary/aromatic N) is 3. The SMILES string of the molecule is CCC(C)Nc1cc(C(=O)N[C@@H](Cc2ccccc2)[C@H](O)C2NCCN(Cc3ccc(OC)cc3)C2=O)cc(N(C)S(C)(=O)=O)n1.Cl. The molecule has 2 aromatic carbocycles. The molecule has 0 bridgehead atoms. The van der Waals surface area contributed by atoms with Gasteiger partial charge in [0, 0.05) is 38.3 Å². The number of aromatic nitrogens is 1. The largest absolute Gasteiger partial charge is 0.497 e. The van der Waals surface area contributed by atoms with Crippen LogP contribution in [0.4, 0.5) is 11.6 Å². The van der Waals surface area contributed by atoms with Crippen molar-refractivity contribution in [1.82, 2.24) is 20.5 Å². The van der Waals surface area contributed by atoms with Crippen molar-refractivity contribution in [3.05, 3.63) is 83.4 Å². The average Bonchev–Trinajstić information content (AvgIpc) is 3.04. The summed E-state index contributed by atoms with van der Waals surface area (Å²) >= 11 is 0. The van der Waals surface area contributed by atoms with Crippen molar-refractivity contribution in [2.75, 3.05) is 43.1 Å². The monoisotopic (exact) mass is 688 g/mol. The second-order valence-electron chi connectivity index (χ2n) is 11.6. The van der Waals surface area contributed by atoms with Crippen LogP contribution in [0.15, 0.2) is 66.7 Å². The van der Waals surface area contributed by atoms with Gasteiger partial charge in [0.15, 0.2) is 0 Å². The number of aliphatic hydroxyl groups is 1. The van der Waals surface area contributed by atoms with Crippen molar-refractivity contribution >= 4 is 45.9 Å². The summed E-state index contributed by atoms with van der Waals surface area (Å²) in [5, 5.41) is 21.0. The fourth-order valence-corrected chi connectivity index (χ4v) is 5.57. The molecule has 2 unspecified atom stereocenters. The van der Waals surface area contributed by atoms with Crippen LogP contribution < -0.4 is 25.0 Å². The summed E-state index contributed by atoms with van der Waals surface area (Å²) in [5.74, 6) is 0.305. The number of anilines is 2. The molecule has 4 atom stereocenters. The minimum absolute atomic E-state index is 0. The van der Waals surface area contributed by atoms with Gasteiger partial charge in [-0.05, 0) is 55.2 Å². The Morgan fingerprint density at radius 2 is 1.83 bits per heavy atom. The third-order valence-corrected chi connectivity index (χ3v) is 9.31. The fraction of sp³-hybridized carbons (Fsp3) is 0.424. The summed E-state index contributed by atoms with van der Waals surface area (Å²) in [5.41, 5.74) is 1.94. The number of piperazine rings is 1. The van der Waals surface area contributed by atoms with Gasteiger partial charge in [0.05, 0.1) is 25.5 Å². The van der Waals surface area contributed by atoms with Gasteiger partial charge in [-0.2, -0.15) is 0 Å². The number of nitrogens with one attached hydrogen (secondary N) is 3. The molecule has 4 N–H and O–H groups in total. The van der Waals surface area contributed by atoms with Crippen molar-refractivity contribution in [3.8, 4) is 5.75 Å². The van der Waals surface area contributed by atoms with E-state index in [4.69, 9.17) is 4.74 Å². The molecular formula is C33H45ClN6O6S. The molecule has 1 fully saturated rings. The van der Waals surface area contributed by atoms with Crippen LogP contribution in [0.25, 0.3) is 0 Å². The lowest BCUT2D eigenvalue weighted by Crippen LogP contribution is -2.63. The molecule has 4 rings (SSSR count). The quantitative estimate of drug-likeness (QED) is 0.200. The molecule has 0 radical (unpaired) electrons. The maximum absolute atomic E-state index is 13.8. The summed E-state index contributed by atoms with van der Waals surface area (Å²) in [7, 11) is -0.703. The first-order valence-corrected chi connectivity index (χ1v) is 17.1. The molecular weight excluding hydrogens is 644 g/mol. The highest BCUT2D eigenvalue weighted by Crippen LogP contribution is 2.22. The van der Waals surface area contributed by atoms with E-state index in [0.29, 0.717) is 25.5 Å². The lowest BCUT2D eigenvalue weighted by molar-refractivity contribution is -0.140. The Morgan fingerprint density at radius 1 is 1.15 bits per heavy atom. The highest BCUT2D eigenvalue weighted by Gasteiger charge is 2.38. The molecule has 47 heavy (non-hydrogen) atoms. The zero-order valence-electron chi connectivity index (χ0n) is 27.3. The van der Waals surface area contributed by atoms with Crippen molar-refractivity contribution in [2.24, 2.45) is 0 Å². The third kappa shape index (κ3) is 10.0. The first-order valence-electron chi connectivity index (χ1n) is 15.3. The number of pyridine rings is 1. The van der Waals surface area contributed by atoms with E-state index < -0.39 is 34.1 Å². The Bertz CT molecular complexity index is 1590. The second kappa shape index (κ2) is 16.8. The second-order valence-corrected chi connectivity index (χ2v) is 13.6. The van der Waals surface area contributed by atoms with E-state index in [1.165, 1.54) is 13.1 Å². The first-order chi connectivity index (χ1) is 21.9. The summed E-state index contributed by atoms with van der Waals surface area (Å²) in [4.78, 5) is 33.6. The van der Waals surface area contributed by atoms with Gasteiger partial charge < -0.3 is 30.7 Å². The lowest BCUT2D eigenvalue weighted by atomic mass is 9.94. The number of carbonyl (C=O) groups is 2. The summed E-state index contributed by atoms with van der Waals surface area (Å²) in [6.45, 7) is 5.23. The summed E-state index contributed by atoms with van der Waals surface area (Å²) < 4.78 is 30.9. The van der Waals surface area contributed by atoms with Crippen LogP contribution >= 0.6 is 12.4 Å². The minimum atomic E-state index is -3.66. The number of methoxy groups -OCH3 is 1. The van der Waals surface area contributed by atoms with Gasteiger partial charge >= 0.3 is 0 Å². The van der Waals surface area contributed by atoms with E-state index in [9.17, 15) is 23.1 Å². The number of amides is 2. The van der Waals surface area contributed by atoms with Crippen molar-refractivity contribution in [2.45, 2.75) is 57.5 Å². The van der Waals surface area contributed by atoms with Crippen LogP contribution in [0, 0.1) is 0 Å². The van der Waals surface area contributed by atoms with E-state index in [1.807, 2.05) is 68.4 Å². The number of carbonyl (C=O) groups excluding carboxylic acids is 2. The number of sulfonamides is 1. The fourth-order valence-electron chi connectivity index (χ4n) is 5.14. The van der Waals surface area contributed by atoms with Crippen LogP contribution in [0.3, 0.4) is 0 Å². The van der Waals surface area contributed by atoms with Gasteiger partial charge in [0.1, 0.15) is 23.4 Å². The van der Waals surface area contributed by atoms with Crippen LogP contribution in [0.1, 0.15) is 41.8 Å². The van der Waals surface area contributed by atoms with E-state index in [0.717, 1.165) is 33.9 Å². The van der Waals surface area contributed by atoms with Crippen LogP contribution in [0.2, 0.25) is 0 Å².